The summed E-state index contributed by atoms with van der Waals surface area (Å²) in [6.07, 6.45) is 6.06. The number of unbranched alkanes of at least 4 members (excludes halogenated alkanes) is 1. The van der Waals surface area contributed by atoms with Gasteiger partial charge in [-0.2, -0.15) is 4.98 Å². The summed E-state index contributed by atoms with van der Waals surface area (Å²) in [5.74, 6) is 0.147. The van der Waals surface area contributed by atoms with Crippen LogP contribution in [0.15, 0.2) is 12.3 Å². The van der Waals surface area contributed by atoms with Crippen molar-refractivity contribution in [2.24, 2.45) is 0 Å². The summed E-state index contributed by atoms with van der Waals surface area (Å²) >= 11 is 0. The van der Waals surface area contributed by atoms with Crippen LogP contribution in [-0.2, 0) is 9.53 Å². The van der Waals surface area contributed by atoms with E-state index in [0.29, 0.717) is 24.8 Å². The van der Waals surface area contributed by atoms with Gasteiger partial charge in [0.05, 0.1) is 12.6 Å². The van der Waals surface area contributed by atoms with Gasteiger partial charge < -0.3 is 20.5 Å². The molecule has 2 rings (SSSR count). The minimum atomic E-state index is -0.879. The van der Waals surface area contributed by atoms with Crippen molar-refractivity contribution >= 4 is 17.7 Å². The van der Waals surface area contributed by atoms with Gasteiger partial charge in [-0.15, -0.1) is 0 Å². The van der Waals surface area contributed by atoms with Crippen molar-refractivity contribution in [2.45, 2.75) is 51.1 Å². The lowest BCUT2D eigenvalue weighted by atomic mass is 10.1. The van der Waals surface area contributed by atoms with Gasteiger partial charge in [0.15, 0.2) is 0 Å². The summed E-state index contributed by atoms with van der Waals surface area (Å²) in [7, 11) is 0. The van der Waals surface area contributed by atoms with Crippen molar-refractivity contribution < 1.29 is 14.6 Å². The lowest BCUT2D eigenvalue weighted by Gasteiger charge is -2.23. The van der Waals surface area contributed by atoms with Crippen molar-refractivity contribution in [3.05, 3.63) is 12.3 Å². The van der Waals surface area contributed by atoms with Crippen LogP contribution in [0.1, 0.15) is 39.0 Å². The van der Waals surface area contributed by atoms with Gasteiger partial charge in [-0.25, -0.2) is 9.78 Å². The van der Waals surface area contributed by atoms with Crippen LogP contribution < -0.4 is 10.6 Å². The first-order chi connectivity index (χ1) is 10.7. The maximum atomic E-state index is 11.3. The summed E-state index contributed by atoms with van der Waals surface area (Å²) in [4.78, 5) is 19.7. The number of hydrogen-bond donors (Lipinski definition) is 3. The number of anilines is 2. The van der Waals surface area contributed by atoms with E-state index in [4.69, 9.17) is 4.74 Å². The summed E-state index contributed by atoms with van der Waals surface area (Å²) in [6.45, 7) is 3.51. The monoisotopic (exact) mass is 308 g/mol. The first-order valence-electron chi connectivity index (χ1n) is 7.85. The van der Waals surface area contributed by atoms with Crippen molar-refractivity contribution in [1.29, 1.82) is 0 Å². The van der Waals surface area contributed by atoms with Crippen molar-refractivity contribution in [3.63, 3.8) is 0 Å². The van der Waals surface area contributed by atoms with Crippen molar-refractivity contribution in [1.82, 2.24) is 9.97 Å². The Balaban J connectivity index is 1.95. The number of carboxylic acids is 1. The van der Waals surface area contributed by atoms with E-state index in [1.165, 1.54) is 0 Å². The fourth-order valence-electron chi connectivity index (χ4n) is 2.39. The van der Waals surface area contributed by atoms with Gasteiger partial charge in [0, 0.05) is 12.8 Å². The molecule has 0 spiro atoms. The smallest absolute Gasteiger partial charge is 0.326 e. The van der Waals surface area contributed by atoms with E-state index in [9.17, 15) is 9.90 Å². The third kappa shape index (κ3) is 5.14. The van der Waals surface area contributed by atoms with Crippen LogP contribution >= 0.6 is 0 Å². The fourth-order valence-corrected chi connectivity index (χ4v) is 2.39. The normalized spacial score (nSPS) is 19.4. The molecule has 1 aromatic rings. The molecule has 122 valence electrons. The fraction of sp³-hybridized carbons (Fsp3) is 0.667. The second-order valence-electron chi connectivity index (χ2n) is 5.50. The minimum absolute atomic E-state index is 0.242. The van der Waals surface area contributed by atoms with Crippen LogP contribution in [0.5, 0.6) is 0 Å². The zero-order chi connectivity index (χ0) is 15.8. The van der Waals surface area contributed by atoms with Crippen molar-refractivity contribution in [3.8, 4) is 0 Å². The number of nitrogens with one attached hydrogen (secondary N) is 2. The molecule has 3 N–H and O–H groups in total. The Bertz CT molecular complexity index is 478. The Morgan fingerprint density at radius 2 is 2.45 bits per heavy atom. The lowest BCUT2D eigenvalue weighted by molar-refractivity contribution is -0.138. The molecule has 0 radical (unpaired) electrons. The number of aromatic nitrogens is 2. The van der Waals surface area contributed by atoms with E-state index >= 15 is 0 Å². The standard InChI is InChI=1S/C15H24N4O3/c1-2-3-6-12(14(20)21)18-15-16-8-7-13(19-15)17-11-5-4-9-22-10-11/h7-8,11-12H,2-6,9-10H2,1H3,(H,20,21)(H2,16,17,18,19). The lowest BCUT2D eigenvalue weighted by Crippen LogP contribution is -2.31. The molecule has 2 unspecified atom stereocenters. The second-order valence-corrected chi connectivity index (χ2v) is 5.50. The molecule has 0 amide bonds. The molecule has 0 bridgehead atoms. The van der Waals surface area contributed by atoms with Crippen LogP contribution in [0.25, 0.3) is 0 Å². The molecule has 0 aliphatic carbocycles. The predicted molar refractivity (Wildman–Crippen MR) is 84.1 cm³/mol. The molecule has 0 saturated carbocycles. The van der Waals surface area contributed by atoms with Crippen LogP contribution in [0, 0.1) is 0 Å². The Kier molecular flexibility index (Phi) is 6.39. The molecule has 2 heterocycles. The quantitative estimate of drug-likeness (QED) is 0.677. The molecule has 1 aliphatic heterocycles. The Labute approximate surface area is 130 Å². The number of carboxylic acid groups (broad SMARTS) is 1. The SMILES string of the molecule is CCCCC(Nc1nccc(NC2CCCOC2)n1)C(=O)O. The van der Waals surface area contributed by atoms with Crippen LogP contribution in [0.2, 0.25) is 0 Å². The molecule has 1 aliphatic rings. The molecule has 1 saturated heterocycles. The highest BCUT2D eigenvalue weighted by molar-refractivity contribution is 5.76. The number of hydrogen-bond acceptors (Lipinski definition) is 6. The number of nitrogens with zero attached hydrogens (tertiary/aromatic N) is 2. The minimum Gasteiger partial charge on any atom is -0.480 e. The topological polar surface area (TPSA) is 96.4 Å². The zero-order valence-corrected chi connectivity index (χ0v) is 12.9. The molecule has 2 atom stereocenters. The van der Waals surface area contributed by atoms with Gasteiger partial charge in [0.25, 0.3) is 0 Å². The third-order valence-electron chi connectivity index (χ3n) is 3.62. The molecule has 1 aromatic heterocycles. The van der Waals surface area contributed by atoms with E-state index in [2.05, 4.69) is 20.6 Å². The molecule has 0 aromatic carbocycles. The van der Waals surface area contributed by atoms with Gasteiger partial charge in [-0.1, -0.05) is 19.8 Å². The molecule has 7 nitrogen and oxygen atoms in total. The summed E-state index contributed by atoms with van der Waals surface area (Å²) in [5, 5.41) is 15.4. The predicted octanol–water partition coefficient (Wildman–Crippen LogP) is 2.12. The summed E-state index contributed by atoms with van der Waals surface area (Å²) in [6, 6.07) is 1.36. The number of aliphatic carboxylic acids is 1. The highest BCUT2D eigenvalue weighted by atomic mass is 16.5. The van der Waals surface area contributed by atoms with Crippen LogP contribution in [0.4, 0.5) is 11.8 Å². The van der Waals surface area contributed by atoms with Gasteiger partial charge >= 0.3 is 5.97 Å². The number of ether oxygens (including phenoxy) is 1. The average molecular weight is 308 g/mol. The highest BCUT2D eigenvalue weighted by Crippen LogP contribution is 2.14. The second kappa shape index (κ2) is 8.53. The van der Waals surface area contributed by atoms with Gasteiger partial charge in [-0.3, -0.25) is 0 Å². The van der Waals surface area contributed by atoms with Crippen LogP contribution in [-0.4, -0.2) is 46.3 Å². The summed E-state index contributed by atoms with van der Waals surface area (Å²) < 4.78 is 5.43. The molecular weight excluding hydrogens is 284 g/mol. The maximum Gasteiger partial charge on any atom is 0.326 e. The van der Waals surface area contributed by atoms with E-state index in [0.717, 1.165) is 32.3 Å². The number of rotatable bonds is 8. The van der Waals surface area contributed by atoms with Gasteiger partial charge in [0.1, 0.15) is 11.9 Å². The van der Waals surface area contributed by atoms with E-state index in [-0.39, 0.29) is 6.04 Å². The molecule has 7 heteroatoms. The first kappa shape index (κ1) is 16.5. The average Bonchev–Trinajstić information content (AvgIpc) is 2.52. The van der Waals surface area contributed by atoms with E-state index < -0.39 is 12.0 Å². The largest absolute Gasteiger partial charge is 0.480 e. The molecule has 1 fully saturated rings. The molecule has 22 heavy (non-hydrogen) atoms. The maximum absolute atomic E-state index is 11.3. The van der Waals surface area contributed by atoms with Crippen LogP contribution in [0.3, 0.4) is 0 Å². The van der Waals surface area contributed by atoms with E-state index in [1.807, 2.05) is 6.92 Å². The Hall–Kier alpha value is -1.89. The van der Waals surface area contributed by atoms with Gasteiger partial charge in [-0.05, 0) is 25.3 Å². The van der Waals surface area contributed by atoms with E-state index in [1.54, 1.807) is 12.3 Å². The third-order valence-corrected chi connectivity index (χ3v) is 3.62. The zero-order valence-electron chi connectivity index (χ0n) is 12.9. The Morgan fingerprint density at radius 1 is 1.59 bits per heavy atom. The number of carbonyl (C=O) groups is 1. The first-order valence-corrected chi connectivity index (χ1v) is 7.85. The van der Waals surface area contributed by atoms with Gasteiger partial charge in [0.2, 0.25) is 5.95 Å². The Morgan fingerprint density at radius 3 is 3.14 bits per heavy atom. The summed E-state index contributed by atoms with van der Waals surface area (Å²) in [5.41, 5.74) is 0. The molecular formula is C15H24N4O3. The highest BCUT2D eigenvalue weighted by Gasteiger charge is 2.18. The van der Waals surface area contributed by atoms with Crippen molar-refractivity contribution in [2.75, 3.05) is 23.8 Å².